The second-order valence-corrected chi connectivity index (χ2v) is 4.80. The summed E-state index contributed by atoms with van der Waals surface area (Å²) < 4.78 is 0. The van der Waals surface area contributed by atoms with Crippen molar-refractivity contribution in [1.82, 2.24) is 10.6 Å². The van der Waals surface area contributed by atoms with Crippen LogP contribution in [0.25, 0.3) is 0 Å². The van der Waals surface area contributed by atoms with Gasteiger partial charge in [0, 0.05) is 12.1 Å². The Kier molecular flexibility index (Phi) is 3.79. The first-order valence-corrected chi connectivity index (χ1v) is 6.25. The smallest absolute Gasteiger partial charge is 0.234 e. The second kappa shape index (κ2) is 5.32. The minimum Gasteiger partial charge on any atom is -0.352 e. The van der Waals surface area contributed by atoms with E-state index in [0.29, 0.717) is 12.6 Å². The van der Waals surface area contributed by atoms with Crippen LogP contribution in [0.15, 0.2) is 24.3 Å². The summed E-state index contributed by atoms with van der Waals surface area (Å²) in [5, 5.41) is 6.23. The molecule has 1 aromatic rings. The molecule has 0 aromatic heterocycles. The third-order valence-electron chi connectivity index (χ3n) is 3.17. The van der Waals surface area contributed by atoms with Gasteiger partial charge in [-0.2, -0.15) is 0 Å². The first kappa shape index (κ1) is 12.1. The number of carbonyl (C=O) groups is 1. The summed E-state index contributed by atoms with van der Waals surface area (Å²) >= 11 is 0. The van der Waals surface area contributed by atoms with Crippen molar-refractivity contribution < 1.29 is 4.79 Å². The minimum absolute atomic E-state index is 0.105. The monoisotopic (exact) mass is 232 g/mol. The molecule has 92 valence electrons. The van der Waals surface area contributed by atoms with Crippen LogP contribution in [0, 0.1) is 6.92 Å². The number of hydrogen-bond acceptors (Lipinski definition) is 2. The van der Waals surface area contributed by atoms with E-state index in [1.807, 2.05) is 12.1 Å². The van der Waals surface area contributed by atoms with Crippen molar-refractivity contribution >= 4 is 5.91 Å². The highest BCUT2D eigenvalue weighted by Gasteiger charge is 2.23. The first-order valence-electron chi connectivity index (χ1n) is 6.25. The number of rotatable bonds is 5. The number of hydrogen-bond donors (Lipinski definition) is 2. The van der Waals surface area contributed by atoms with E-state index in [2.05, 4.69) is 36.6 Å². The molecule has 1 aliphatic rings. The number of nitrogens with one attached hydrogen (secondary N) is 2. The van der Waals surface area contributed by atoms with Gasteiger partial charge in [-0.1, -0.05) is 24.3 Å². The summed E-state index contributed by atoms with van der Waals surface area (Å²) in [6.07, 6.45) is 2.28. The van der Waals surface area contributed by atoms with Crippen LogP contribution in [0.4, 0.5) is 0 Å². The van der Waals surface area contributed by atoms with Crippen LogP contribution in [-0.2, 0) is 4.79 Å². The van der Waals surface area contributed by atoms with E-state index >= 15 is 0 Å². The normalized spacial score (nSPS) is 16.6. The van der Waals surface area contributed by atoms with Crippen LogP contribution in [-0.4, -0.2) is 18.5 Å². The molecule has 1 atom stereocenters. The maximum Gasteiger partial charge on any atom is 0.234 e. The van der Waals surface area contributed by atoms with E-state index in [9.17, 15) is 4.79 Å². The van der Waals surface area contributed by atoms with Crippen LogP contribution in [0.1, 0.15) is 36.9 Å². The zero-order chi connectivity index (χ0) is 12.3. The Labute approximate surface area is 103 Å². The second-order valence-electron chi connectivity index (χ2n) is 4.80. The van der Waals surface area contributed by atoms with E-state index in [1.54, 1.807) is 0 Å². The summed E-state index contributed by atoms with van der Waals surface area (Å²) in [6, 6.07) is 8.92. The predicted octanol–water partition coefficient (Wildman–Crippen LogP) is 1.92. The maximum atomic E-state index is 11.5. The van der Waals surface area contributed by atoms with Gasteiger partial charge in [0.1, 0.15) is 0 Å². The average molecular weight is 232 g/mol. The molecule has 3 heteroatoms. The van der Waals surface area contributed by atoms with E-state index in [-0.39, 0.29) is 11.9 Å². The van der Waals surface area contributed by atoms with Crippen molar-refractivity contribution in [1.29, 1.82) is 0 Å². The van der Waals surface area contributed by atoms with Crippen molar-refractivity contribution in [2.75, 3.05) is 6.54 Å². The first-order chi connectivity index (χ1) is 8.16. The van der Waals surface area contributed by atoms with Crippen molar-refractivity contribution in [3.05, 3.63) is 35.4 Å². The highest BCUT2D eigenvalue weighted by atomic mass is 16.2. The molecule has 0 aliphatic heterocycles. The van der Waals surface area contributed by atoms with Gasteiger partial charge in [0.15, 0.2) is 0 Å². The Hall–Kier alpha value is -1.35. The molecule has 1 fully saturated rings. The topological polar surface area (TPSA) is 41.1 Å². The molecule has 0 spiro atoms. The van der Waals surface area contributed by atoms with Gasteiger partial charge in [0.2, 0.25) is 5.91 Å². The van der Waals surface area contributed by atoms with Gasteiger partial charge in [-0.05, 0) is 37.8 Å². The van der Waals surface area contributed by atoms with Gasteiger partial charge in [-0.3, -0.25) is 4.79 Å². The fraction of sp³-hybridized carbons (Fsp3) is 0.500. The van der Waals surface area contributed by atoms with E-state index < -0.39 is 0 Å². The quantitative estimate of drug-likeness (QED) is 0.814. The molecule has 1 aromatic carbocycles. The Morgan fingerprint density at radius 3 is 2.76 bits per heavy atom. The largest absolute Gasteiger partial charge is 0.352 e. The number of carbonyl (C=O) groups excluding carboxylic acids is 1. The Morgan fingerprint density at radius 1 is 1.41 bits per heavy atom. The van der Waals surface area contributed by atoms with Crippen molar-refractivity contribution in [3.63, 3.8) is 0 Å². The molecule has 17 heavy (non-hydrogen) atoms. The van der Waals surface area contributed by atoms with E-state index in [1.165, 1.54) is 11.1 Å². The summed E-state index contributed by atoms with van der Waals surface area (Å²) in [5.41, 5.74) is 2.52. The van der Waals surface area contributed by atoms with Crippen LogP contribution < -0.4 is 10.6 Å². The number of aryl methyl sites for hydroxylation is 1. The van der Waals surface area contributed by atoms with Crippen molar-refractivity contribution in [2.24, 2.45) is 0 Å². The molecule has 0 unspecified atom stereocenters. The Balaban J connectivity index is 1.82. The van der Waals surface area contributed by atoms with Gasteiger partial charge in [-0.25, -0.2) is 0 Å². The average Bonchev–Trinajstić information content (AvgIpc) is 3.10. The highest BCUT2D eigenvalue weighted by Crippen LogP contribution is 2.18. The summed E-state index contributed by atoms with van der Waals surface area (Å²) in [7, 11) is 0. The van der Waals surface area contributed by atoms with E-state index in [4.69, 9.17) is 0 Å². The fourth-order valence-corrected chi connectivity index (χ4v) is 1.93. The lowest BCUT2D eigenvalue weighted by Gasteiger charge is -2.16. The lowest BCUT2D eigenvalue weighted by molar-refractivity contribution is -0.120. The maximum absolute atomic E-state index is 11.5. The predicted molar refractivity (Wildman–Crippen MR) is 68.8 cm³/mol. The van der Waals surface area contributed by atoms with Crippen molar-refractivity contribution in [3.8, 4) is 0 Å². The summed E-state index contributed by atoms with van der Waals surface area (Å²) in [4.78, 5) is 11.5. The van der Waals surface area contributed by atoms with Gasteiger partial charge in [-0.15, -0.1) is 0 Å². The molecule has 0 bridgehead atoms. The van der Waals surface area contributed by atoms with Crippen LogP contribution >= 0.6 is 0 Å². The van der Waals surface area contributed by atoms with Gasteiger partial charge in [0.05, 0.1) is 6.54 Å². The lowest BCUT2D eigenvalue weighted by atomic mass is 10.0. The molecule has 1 saturated carbocycles. The standard InChI is InChI=1S/C14H20N2O/c1-10-5-3-4-6-13(10)11(2)15-9-14(17)16-12-7-8-12/h3-6,11-12,15H,7-9H2,1-2H3,(H,16,17)/t11-/m1/s1. The van der Waals surface area contributed by atoms with Crippen LogP contribution in [0.2, 0.25) is 0 Å². The number of amides is 1. The molecule has 3 nitrogen and oxygen atoms in total. The molecule has 0 saturated heterocycles. The van der Waals surface area contributed by atoms with Gasteiger partial charge >= 0.3 is 0 Å². The molecular formula is C14H20N2O. The third-order valence-corrected chi connectivity index (χ3v) is 3.17. The molecule has 1 aliphatic carbocycles. The molecule has 1 amide bonds. The zero-order valence-electron chi connectivity index (χ0n) is 10.5. The van der Waals surface area contributed by atoms with Crippen LogP contribution in [0.3, 0.4) is 0 Å². The molecular weight excluding hydrogens is 212 g/mol. The zero-order valence-corrected chi connectivity index (χ0v) is 10.5. The molecule has 2 N–H and O–H groups in total. The minimum atomic E-state index is 0.105. The summed E-state index contributed by atoms with van der Waals surface area (Å²) in [5.74, 6) is 0.105. The number of benzene rings is 1. The third kappa shape index (κ3) is 3.56. The summed E-state index contributed by atoms with van der Waals surface area (Å²) in [6.45, 7) is 4.58. The highest BCUT2D eigenvalue weighted by molar-refractivity contribution is 5.78. The van der Waals surface area contributed by atoms with Gasteiger partial charge in [0.25, 0.3) is 0 Å². The van der Waals surface area contributed by atoms with Gasteiger partial charge < -0.3 is 10.6 Å². The fourth-order valence-electron chi connectivity index (χ4n) is 1.93. The molecule has 0 heterocycles. The lowest BCUT2D eigenvalue weighted by Crippen LogP contribution is -2.36. The Morgan fingerprint density at radius 2 is 2.12 bits per heavy atom. The molecule has 2 rings (SSSR count). The SMILES string of the molecule is Cc1ccccc1[C@@H](C)NCC(=O)NC1CC1. The molecule has 0 radical (unpaired) electrons. The van der Waals surface area contributed by atoms with E-state index in [0.717, 1.165) is 12.8 Å². The van der Waals surface area contributed by atoms with Crippen molar-refractivity contribution in [2.45, 2.75) is 38.8 Å². The van der Waals surface area contributed by atoms with Crippen LogP contribution in [0.5, 0.6) is 0 Å². The Bertz CT molecular complexity index is 399.